The van der Waals surface area contributed by atoms with Crippen molar-refractivity contribution < 1.29 is 75.4 Å². The number of hydrogen-bond donors (Lipinski definition) is 0. The monoisotopic (exact) mass is 1010 g/mol. The number of rotatable bonds is 4. The fraction of sp³-hybridized carbons (Fsp3) is 0.464. The number of alkyl halides is 6. The van der Waals surface area contributed by atoms with E-state index < -0.39 is 23.5 Å². The van der Waals surface area contributed by atoms with Crippen LogP contribution in [0, 0.1) is 67.7 Å². The standard InChI is InChI=1S/C29H37.C15H8F6.C12H19.2ClH.Zr/c1-21-14-13-15-22-20-27(6)25(4)18-10-9-16-23(25,2)24(3)17-11-12-19-26(24,5)29(27,8)28(21,22)7;16-14(17,18)12-5-1-10(2-6-12)9-11-3-7-13(8-4-11)15(19,20)21;1-5-6-10-7-8-11(9-10)12(2,3)4;;;/h9-20,22H,1-8H3;1-8H;8-10H,5-6H2,1-4H3;2*1H;/q-1;;-1;;;+2/p-2. The number of benzene rings is 2. The van der Waals surface area contributed by atoms with Gasteiger partial charge >= 0.3 is 137 Å². The van der Waals surface area contributed by atoms with Crippen molar-refractivity contribution in [1.82, 2.24) is 0 Å². The molecule has 65 heavy (non-hydrogen) atoms. The second-order valence-corrected chi connectivity index (χ2v) is 22.0. The molecule has 0 N–H and O–H groups in total. The second-order valence-electron chi connectivity index (χ2n) is 20.8. The minimum Gasteiger partial charge on any atom is -1.00 e. The van der Waals surface area contributed by atoms with Gasteiger partial charge in [0.1, 0.15) is 0 Å². The molecule has 0 aliphatic heterocycles. The summed E-state index contributed by atoms with van der Waals surface area (Å²) < 4.78 is 75.6. The van der Waals surface area contributed by atoms with Gasteiger partial charge in [-0.1, -0.05) is 167 Å². The van der Waals surface area contributed by atoms with E-state index in [1.165, 1.54) is 48.3 Å². The molecule has 2 aromatic rings. The molecule has 0 nitrogen and oxygen atoms in total. The summed E-state index contributed by atoms with van der Waals surface area (Å²) in [6.45, 7) is 29.3. The van der Waals surface area contributed by atoms with Gasteiger partial charge in [0.2, 0.25) is 0 Å². The van der Waals surface area contributed by atoms with Crippen LogP contribution in [0.3, 0.4) is 0 Å². The quantitative estimate of drug-likeness (QED) is 0.212. The number of allylic oxidation sites excluding steroid dienone is 16. The molecule has 9 atom stereocenters. The van der Waals surface area contributed by atoms with Crippen molar-refractivity contribution in [2.75, 3.05) is 0 Å². The maximum absolute atomic E-state index is 12.5. The molecule has 2 fully saturated rings. The van der Waals surface area contributed by atoms with Crippen molar-refractivity contribution in [3.63, 3.8) is 0 Å². The van der Waals surface area contributed by atoms with Crippen LogP contribution in [-0.4, -0.2) is 3.21 Å². The Morgan fingerprint density at radius 2 is 1.09 bits per heavy atom. The molecular weight excluding hydrogens is 949 g/mol. The zero-order chi connectivity index (χ0) is 46.9. The molecule has 0 radical (unpaired) electrons. The third-order valence-corrected chi connectivity index (χ3v) is 18.8. The Morgan fingerprint density at radius 3 is 1.51 bits per heavy atom. The Kier molecular flexibility index (Phi) is 15.7. The first-order valence-electron chi connectivity index (χ1n) is 22.2. The van der Waals surface area contributed by atoms with E-state index in [2.05, 4.69) is 175 Å². The summed E-state index contributed by atoms with van der Waals surface area (Å²) in [6.07, 6.45) is 30.9. The fourth-order valence-corrected chi connectivity index (χ4v) is 13.3. The third-order valence-electron chi connectivity index (χ3n) is 17.3. The predicted octanol–water partition coefficient (Wildman–Crippen LogP) is 10.2. The van der Waals surface area contributed by atoms with Crippen LogP contribution in [0.2, 0.25) is 0 Å². The summed E-state index contributed by atoms with van der Waals surface area (Å²) in [5.41, 5.74) is 3.09. The van der Waals surface area contributed by atoms with Gasteiger partial charge in [0.15, 0.2) is 0 Å². The van der Waals surface area contributed by atoms with Crippen molar-refractivity contribution in [2.45, 2.75) is 108 Å². The summed E-state index contributed by atoms with van der Waals surface area (Å²) in [7, 11) is 0. The molecule has 350 valence electrons. The first kappa shape index (κ1) is 54.9. The van der Waals surface area contributed by atoms with Gasteiger partial charge in [0.25, 0.3) is 0 Å². The maximum Gasteiger partial charge on any atom is -1.00 e. The topological polar surface area (TPSA) is 0 Å². The van der Waals surface area contributed by atoms with E-state index in [1.54, 1.807) is 0 Å². The molecule has 9 unspecified atom stereocenters. The van der Waals surface area contributed by atoms with Gasteiger partial charge < -0.3 is 31.2 Å². The molecule has 0 heterocycles. The molecule has 9 heteroatoms. The van der Waals surface area contributed by atoms with Crippen molar-refractivity contribution in [1.29, 1.82) is 0 Å². The molecule has 0 saturated heterocycles. The van der Waals surface area contributed by atoms with Crippen LogP contribution in [0.15, 0.2) is 139 Å². The smallest absolute Gasteiger partial charge is 1.00 e. The molecule has 0 bridgehead atoms. The maximum atomic E-state index is 12.5. The van der Waals surface area contributed by atoms with Crippen molar-refractivity contribution in [2.24, 2.45) is 55.2 Å². The average molecular weight is 1010 g/mol. The molecule has 6 aliphatic carbocycles. The molecular formula is C56H64Cl2F6Zr-2. The Morgan fingerprint density at radius 1 is 0.662 bits per heavy atom. The molecule has 0 spiro atoms. The van der Waals surface area contributed by atoms with E-state index in [4.69, 9.17) is 0 Å². The van der Waals surface area contributed by atoms with E-state index in [0.29, 0.717) is 31.6 Å². The number of fused-ring (bicyclic) bond motifs is 8. The van der Waals surface area contributed by atoms with Gasteiger partial charge in [-0.15, -0.1) is 17.4 Å². The third kappa shape index (κ3) is 8.49. The Hall–Kier alpha value is -2.73. The number of halogens is 8. The van der Waals surface area contributed by atoms with E-state index in [-0.39, 0.29) is 62.7 Å². The average Bonchev–Trinajstić information content (AvgIpc) is 3.77. The Labute approximate surface area is 412 Å². The first-order chi connectivity index (χ1) is 29.0. The summed E-state index contributed by atoms with van der Waals surface area (Å²) in [5, 5.41) is 0. The van der Waals surface area contributed by atoms with E-state index in [0.717, 1.165) is 48.5 Å². The van der Waals surface area contributed by atoms with Crippen LogP contribution >= 0.6 is 0 Å². The zero-order valence-corrected chi connectivity index (χ0v) is 43.8. The zero-order valence-electron chi connectivity index (χ0n) is 39.8. The summed E-state index contributed by atoms with van der Waals surface area (Å²) in [4.78, 5) is 0. The van der Waals surface area contributed by atoms with E-state index in [1.807, 2.05) is 0 Å². The van der Waals surface area contributed by atoms with Gasteiger partial charge in [-0.25, -0.2) is 6.08 Å². The van der Waals surface area contributed by atoms with Gasteiger partial charge in [0.05, 0.1) is 0 Å². The Balaban J connectivity index is 0.000000228. The van der Waals surface area contributed by atoms with Crippen LogP contribution in [0.1, 0.15) is 118 Å². The van der Waals surface area contributed by atoms with Gasteiger partial charge in [-0.2, -0.15) is 11.6 Å². The minimum atomic E-state index is -4.41. The summed E-state index contributed by atoms with van der Waals surface area (Å²) >= 11 is 0.898. The second kappa shape index (κ2) is 18.6. The van der Waals surface area contributed by atoms with Gasteiger partial charge in [-0.3, -0.25) is 6.08 Å². The first-order valence-corrected chi connectivity index (χ1v) is 23.5. The van der Waals surface area contributed by atoms with E-state index >= 15 is 0 Å². The SMILES string of the molecule is CC1=CC=CC2[CH-]C3(C)C4(C)C=CC=CC4(C)C4(C)C=CC=CC4(C)C3(C)C12C.CCCC1[C-]=CC(C(C)(C)C)=C1.FC(F)(F)c1ccc([C](=[Zr+2])c2ccc(C(F)(F)F)cc2)cc1.[Cl-].[Cl-]. The molecule has 2 aromatic carbocycles. The van der Waals surface area contributed by atoms with E-state index in [9.17, 15) is 26.3 Å². The van der Waals surface area contributed by atoms with Gasteiger partial charge in [0, 0.05) is 10.8 Å². The number of hydrogen-bond acceptors (Lipinski definition) is 0. The van der Waals surface area contributed by atoms with Crippen LogP contribution < -0.4 is 24.8 Å². The van der Waals surface area contributed by atoms with Crippen LogP contribution in [0.25, 0.3) is 0 Å². The molecule has 0 aromatic heterocycles. The Bertz CT molecular complexity index is 2280. The summed E-state index contributed by atoms with van der Waals surface area (Å²) in [5.74, 6) is 1.05. The molecule has 8 rings (SSSR count). The largest absolute Gasteiger partial charge is 1.00 e. The van der Waals surface area contributed by atoms with Crippen molar-refractivity contribution in [3.05, 3.63) is 173 Å². The molecule has 6 aliphatic rings. The van der Waals surface area contributed by atoms with Crippen molar-refractivity contribution in [3.8, 4) is 0 Å². The molecule has 0 amide bonds. The summed E-state index contributed by atoms with van der Waals surface area (Å²) in [6, 6.07) is 9.14. The predicted molar refractivity (Wildman–Crippen MR) is 244 cm³/mol. The minimum absolute atomic E-state index is 0. The normalized spacial score (nSPS) is 34.8. The fourth-order valence-electron chi connectivity index (χ4n) is 12.5. The van der Waals surface area contributed by atoms with Crippen molar-refractivity contribution >= 4 is 3.21 Å². The van der Waals surface area contributed by atoms with Crippen LogP contribution in [0.5, 0.6) is 0 Å². The van der Waals surface area contributed by atoms with Gasteiger partial charge in [-0.05, 0) is 28.6 Å². The molecule has 2 saturated carbocycles. The van der Waals surface area contributed by atoms with Crippen LogP contribution in [-0.2, 0) is 36.6 Å². The van der Waals surface area contributed by atoms with Crippen LogP contribution in [0.4, 0.5) is 26.3 Å².